The first-order chi connectivity index (χ1) is 6.38. The molecular weight excluding hydrogens is 158 g/mol. The molecule has 1 heteroatoms. The Morgan fingerprint density at radius 1 is 1.38 bits per heavy atom. The summed E-state index contributed by atoms with van der Waals surface area (Å²) in [5, 5.41) is 3.61. The largest absolute Gasteiger partial charge is 0.388 e. The molecule has 74 valence electrons. The second-order valence-electron chi connectivity index (χ2n) is 4.64. The van der Waals surface area contributed by atoms with Crippen LogP contribution in [0.5, 0.6) is 0 Å². The van der Waals surface area contributed by atoms with Crippen LogP contribution in [-0.4, -0.2) is 6.54 Å². The van der Waals surface area contributed by atoms with E-state index in [-0.39, 0.29) is 0 Å². The minimum Gasteiger partial charge on any atom is -0.388 e. The third-order valence-electron chi connectivity index (χ3n) is 3.48. The summed E-state index contributed by atoms with van der Waals surface area (Å²) in [4.78, 5) is 0. The van der Waals surface area contributed by atoms with E-state index in [0.29, 0.717) is 0 Å². The Morgan fingerprint density at radius 2 is 2.23 bits per heavy atom. The number of rotatable bonds is 2. The summed E-state index contributed by atoms with van der Waals surface area (Å²) < 4.78 is 0. The van der Waals surface area contributed by atoms with Gasteiger partial charge in [0.1, 0.15) is 0 Å². The van der Waals surface area contributed by atoms with Gasteiger partial charge in [-0.3, -0.25) is 0 Å². The molecule has 0 unspecified atom stereocenters. The van der Waals surface area contributed by atoms with Crippen molar-refractivity contribution in [3.63, 3.8) is 0 Å². The molecule has 1 aliphatic carbocycles. The summed E-state index contributed by atoms with van der Waals surface area (Å²) in [7, 11) is 0. The van der Waals surface area contributed by atoms with Crippen molar-refractivity contribution < 1.29 is 0 Å². The molecule has 2 bridgehead atoms. The molecule has 1 N–H and O–H groups in total. The summed E-state index contributed by atoms with van der Waals surface area (Å²) in [5.41, 5.74) is 1.51. The van der Waals surface area contributed by atoms with Crippen LogP contribution in [0.1, 0.15) is 45.4 Å². The third-order valence-corrected chi connectivity index (χ3v) is 3.48. The van der Waals surface area contributed by atoms with Gasteiger partial charge in [-0.1, -0.05) is 19.4 Å². The fourth-order valence-corrected chi connectivity index (χ4v) is 2.69. The predicted molar refractivity (Wildman–Crippen MR) is 56.4 cm³/mol. The fraction of sp³-hybridized carbons (Fsp3) is 0.833. The highest BCUT2D eigenvalue weighted by Crippen LogP contribution is 2.34. The van der Waals surface area contributed by atoms with Crippen molar-refractivity contribution in [1.82, 2.24) is 5.32 Å². The first-order valence-corrected chi connectivity index (χ1v) is 5.81. The van der Waals surface area contributed by atoms with Gasteiger partial charge in [-0.05, 0) is 43.9 Å². The summed E-state index contributed by atoms with van der Waals surface area (Å²) in [5.74, 6) is 1.99. The lowest BCUT2D eigenvalue weighted by Gasteiger charge is -2.18. The Morgan fingerprint density at radius 3 is 3.08 bits per heavy atom. The molecule has 1 aliphatic heterocycles. The van der Waals surface area contributed by atoms with Crippen LogP contribution in [0.15, 0.2) is 11.8 Å². The van der Waals surface area contributed by atoms with Gasteiger partial charge < -0.3 is 5.32 Å². The molecule has 0 spiro atoms. The van der Waals surface area contributed by atoms with Gasteiger partial charge in [0.25, 0.3) is 0 Å². The standard InChI is InChI=1S/C12H21N/c1-2-3-12-7-6-10-4-5-11(8-10)9-13-12/h7,10-11,13H,2-6,8-9H2,1H3/b12-7-/t10-,11-/m1/s1. The van der Waals surface area contributed by atoms with Crippen molar-refractivity contribution in [3.05, 3.63) is 11.8 Å². The molecule has 1 fully saturated rings. The molecule has 1 heterocycles. The van der Waals surface area contributed by atoms with Crippen LogP contribution in [0.3, 0.4) is 0 Å². The lowest BCUT2D eigenvalue weighted by molar-refractivity contribution is 0.459. The minimum absolute atomic E-state index is 0.977. The Kier molecular flexibility index (Phi) is 2.92. The molecular formula is C12H21N. The molecule has 0 amide bonds. The third kappa shape index (κ3) is 2.26. The molecule has 1 saturated carbocycles. The molecule has 0 aromatic rings. The lowest BCUT2D eigenvalue weighted by Crippen LogP contribution is -2.22. The van der Waals surface area contributed by atoms with Crippen LogP contribution < -0.4 is 5.32 Å². The zero-order chi connectivity index (χ0) is 9.10. The van der Waals surface area contributed by atoms with Gasteiger partial charge in [-0.2, -0.15) is 0 Å². The van der Waals surface area contributed by atoms with Gasteiger partial charge in [0.2, 0.25) is 0 Å². The normalized spacial score (nSPS) is 37.2. The van der Waals surface area contributed by atoms with E-state index in [1.165, 1.54) is 50.8 Å². The summed E-state index contributed by atoms with van der Waals surface area (Å²) >= 11 is 0. The van der Waals surface area contributed by atoms with E-state index in [4.69, 9.17) is 0 Å². The average Bonchev–Trinajstić information content (AvgIpc) is 2.56. The second-order valence-corrected chi connectivity index (χ2v) is 4.64. The maximum absolute atomic E-state index is 3.61. The van der Waals surface area contributed by atoms with E-state index in [1.54, 1.807) is 0 Å². The lowest BCUT2D eigenvalue weighted by atomic mass is 9.98. The number of fused-ring (bicyclic) bond motifs is 2. The minimum atomic E-state index is 0.977. The SMILES string of the molecule is CCC/C1=C/C[C@H]2CC[C@@H](CN1)C2. The van der Waals surface area contributed by atoms with Crippen LogP contribution in [-0.2, 0) is 0 Å². The van der Waals surface area contributed by atoms with Crippen molar-refractivity contribution in [2.75, 3.05) is 6.54 Å². The molecule has 2 rings (SSSR count). The topological polar surface area (TPSA) is 12.0 Å². The van der Waals surface area contributed by atoms with Crippen LogP contribution >= 0.6 is 0 Å². The summed E-state index contributed by atoms with van der Waals surface area (Å²) in [6.45, 7) is 3.50. The number of hydrogen-bond donors (Lipinski definition) is 1. The van der Waals surface area contributed by atoms with Crippen molar-refractivity contribution >= 4 is 0 Å². The molecule has 13 heavy (non-hydrogen) atoms. The van der Waals surface area contributed by atoms with Crippen LogP contribution in [0.25, 0.3) is 0 Å². The van der Waals surface area contributed by atoms with Crippen LogP contribution in [0, 0.1) is 11.8 Å². The highest BCUT2D eigenvalue weighted by atomic mass is 14.9. The highest BCUT2D eigenvalue weighted by molar-refractivity contribution is 5.03. The highest BCUT2D eigenvalue weighted by Gasteiger charge is 2.25. The smallest absolute Gasteiger partial charge is 0.0172 e. The average molecular weight is 179 g/mol. The van der Waals surface area contributed by atoms with Gasteiger partial charge in [0, 0.05) is 12.2 Å². The zero-order valence-electron chi connectivity index (χ0n) is 8.68. The Hall–Kier alpha value is -0.460. The van der Waals surface area contributed by atoms with Crippen molar-refractivity contribution in [1.29, 1.82) is 0 Å². The maximum atomic E-state index is 3.61. The second kappa shape index (κ2) is 4.17. The first kappa shape index (κ1) is 9.11. The molecule has 0 aromatic carbocycles. The number of hydrogen-bond acceptors (Lipinski definition) is 1. The number of nitrogens with one attached hydrogen (secondary N) is 1. The summed E-state index contributed by atoms with van der Waals surface area (Å²) in [6, 6.07) is 0. The predicted octanol–water partition coefficient (Wildman–Crippen LogP) is 3.08. The van der Waals surface area contributed by atoms with Crippen molar-refractivity contribution in [3.8, 4) is 0 Å². The van der Waals surface area contributed by atoms with Gasteiger partial charge in [0.05, 0.1) is 0 Å². The van der Waals surface area contributed by atoms with E-state index in [0.717, 1.165) is 11.8 Å². The van der Waals surface area contributed by atoms with E-state index in [1.807, 2.05) is 0 Å². The Labute approximate surface area is 81.6 Å². The maximum Gasteiger partial charge on any atom is 0.0172 e. The van der Waals surface area contributed by atoms with Gasteiger partial charge in [-0.15, -0.1) is 0 Å². The summed E-state index contributed by atoms with van der Waals surface area (Å²) in [6.07, 6.45) is 10.7. The van der Waals surface area contributed by atoms with Gasteiger partial charge in [-0.25, -0.2) is 0 Å². The van der Waals surface area contributed by atoms with Crippen molar-refractivity contribution in [2.24, 2.45) is 11.8 Å². The fourth-order valence-electron chi connectivity index (χ4n) is 2.69. The van der Waals surface area contributed by atoms with Crippen LogP contribution in [0.2, 0.25) is 0 Å². The molecule has 0 radical (unpaired) electrons. The Balaban J connectivity index is 1.95. The van der Waals surface area contributed by atoms with Gasteiger partial charge in [0.15, 0.2) is 0 Å². The van der Waals surface area contributed by atoms with Crippen LogP contribution in [0.4, 0.5) is 0 Å². The zero-order valence-corrected chi connectivity index (χ0v) is 8.68. The van der Waals surface area contributed by atoms with Gasteiger partial charge >= 0.3 is 0 Å². The quantitative estimate of drug-likeness (QED) is 0.687. The van der Waals surface area contributed by atoms with E-state index >= 15 is 0 Å². The molecule has 1 nitrogen and oxygen atoms in total. The molecule has 0 saturated heterocycles. The van der Waals surface area contributed by atoms with E-state index in [9.17, 15) is 0 Å². The molecule has 2 aliphatic rings. The first-order valence-electron chi connectivity index (χ1n) is 5.81. The Bertz CT molecular complexity index is 195. The van der Waals surface area contributed by atoms with Crippen molar-refractivity contribution in [2.45, 2.75) is 45.4 Å². The molecule has 0 aromatic heterocycles. The van der Waals surface area contributed by atoms with E-state index in [2.05, 4.69) is 18.3 Å². The number of allylic oxidation sites excluding steroid dienone is 2. The monoisotopic (exact) mass is 179 g/mol. The van der Waals surface area contributed by atoms with E-state index < -0.39 is 0 Å². The molecule has 2 atom stereocenters.